The molecule has 3 amide bonds. The zero-order chi connectivity index (χ0) is 16.8. The minimum atomic E-state index is -0.356. The number of carbonyl (C=O) groups is 3. The Morgan fingerprint density at radius 1 is 1.08 bits per heavy atom. The molecule has 1 saturated carbocycles. The maximum atomic E-state index is 12.5. The molecule has 4 atom stereocenters. The molecule has 0 radical (unpaired) electrons. The van der Waals surface area contributed by atoms with Gasteiger partial charge in [-0.2, -0.15) is 0 Å². The summed E-state index contributed by atoms with van der Waals surface area (Å²) >= 11 is 0. The smallest absolute Gasteiger partial charge is 0.240 e. The van der Waals surface area contributed by atoms with Crippen LogP contribution < -0.4 is 5.32 Å². The fourth-order valence-electron chi connectivity index (χ4n) is 4.13. The van der Waals surface area contributed by atoms with Gasteiger partial charge in [-0.1, -0.05) is 24.3 Å². The number of amides is 3. The van der Waals surface area contributed by atoms with Crippen molar-refractivity contribution in [3.05, 3.63) is 42.0 Å². The molecule has 24 heavy (non-hydrogen) atoms. The lowest BCUT2D eigenvalue weighted by atomic mass is 9.85. The number of imide groups is 1. The van der Waals surface area contributed by atoms with Gasteiger partial charge in [-0.05, 0) is 36.0 Å². The van der Waals surface area contributed by atoms with Crippen molar-refractivity contribution in [2.24, 2.45) is 23.7 Å². The molecule has 124 valence electrons. The molecule has 1 aliphatic heterocycles. The zero-order valence-electron chi connectivity index (χ0n) is 13.0. The Balaban J connectivity index is 1.37. The van der Waals surface area contributed by atoms with Crippen molar-refractivity contribution in [1.82, 2.24) is 10.2 Å². The third-order valence-corrected chi connectivity index (χ3v) is 5.29. The topological polar surface area (TPSA) is 86.7 Å². The van der Waals surface area contributed by atoms with E-state index in [9.17, 15) is 19.5 Å². The van der Waals surface area contributed by atoms with Gasteiger partial charge in [0.25, 0.3) is 0 Å². The SMILES string of the molecule is O=C(CN1C(=O)[C@@H]2[C@H](C1=O)[C@H]1C=C[C@H]2C1)NCc1ccc(O)cc1. The quantitative estimate of drug-likeness (QED) is 0.633. The van der Waals surface area contributed by atoms with Gasteiger partial charge >= 0.3 is 0 Å². The van der Waals surface area contributed by atoms with Crippen LogP contribution in [0.15, 0.2) is 36.4 Å². The van der Waals surface area contributed by atoms with Gasteiger partial charge < -0.3 is 10.4 Å². The van der Waals surface area contributed by atoms with Crippen LogP contribution >= 0.6 is 0 Å². The summed E-state index contributed by atoms with van der Waals surface area (Å²) in [5.74, 6) is -0.834. The first-order chi connectivity index (χ1) is 11.5. The van der Waals surface area contributed by atoms with Crippen molar-refractivity contribution in [3.63, 3.8) is 0 Å². The van der Waals surface area contributed by atoms with Crippen molar-refractivity contribution >= 4 is 17.7 Å². The highest BCUT2D eigenvalue weighted by atomic mass is 16.3. The Labute approximate surface area is 139 Å². The fraction of sp³-hybridized carbons (Fsp3) is 0.389. The molecular formula is C18H18N2O4. The third-order valence-electron chi connectivity index (χ3n) is 5.29. The van der Waals surface area contributed by atoms with E-state index in [0.29, 0.717) is 0 Å². The maximum Gasteiger partial charge on any atom is 0.240 e. The summed E-state index contributed by atoms with van der Waals surface area (Å²) in [7, 11) is 0. The fourth-order valence-corrected chi connectivity index (χ4v) is 4.13. The highest BCUT2D eigenvalue weighted by Crippen LogP contribution is 2.52. The maximum absolute atomic E-state index is 12.5. The van der Waals surface area contributed by atoms with Gasteiger partial charge in [0.1, 0.15) is 12.3 Å². The summed E-state index contributed by atoms with van der Waals surface area (Å²) in [6.45, 7) is 0.0667. The van der Waals surface area contributed by atoms with E-state index in [0.717, 1.165) is 16.9 Å². The first kappa shape index (κ1) is 14.9. The van der Waals surface area contributed by atoms with Crippen LogP contribution in [0.4, 0.5) is 0 Å². The van der Waals surface area contributed by atoms with Gasteiger partial charge in [0.15, 0.2) is 0 Å². The predicted octanol–water partition coefficient (Wildman–Crippen LogP) is 0.815. The molecule has 2 bridgehead atoms. The van der Waals surface area contributed by atoms with E-state index >= 15 is 0 Å². The highest BCUT2D eigenvalue weighted by molar-refractivity contribution is 6.08. The van der Waals surface area contributed by atoms with Gasteiger partial charge in [-0.3, -0.25) is 19.3 Å². The number of fused-ring (bicyclic) bond motifs is 5. The Hall–Kier alpha value is -2.63. The molecule has 1 aromatic carbocycles. The molecule has 1 aromatic rings. The van der Waals surface area contributed by atoms with Crippen molar-refractivity contribution in [2.75, 3.05) is 6.54 Å². The van der Waals surface area contributed by atoms with Crippen LogP contribution in [0.3, 0.4) is 0 Å². The number of nitrogens with one attached hydrogen (secondary N) is 1. The highest BCUT2D eigenvalue weighted by Gasteiger charge is 2.59. The molecule has 6 nitrogen and oxygen atoms in total. The predicted molar refractivity (Wildman–Crippen MR) is 84.4 cm³/mol. The summed E-state index contributed by atoms with van der Waals surface area (Å²) in [5.41, 5.74) is 0.833. The molecule has 0 aromatic heterocycles. The number of allylic oxidation sites excluding steroid dienone is 2. The number of likely N-dealkylation sites (tertiary alicyclic amines) is 1. The molecule has 1 heterocycles. The van der Waals surface area contributed by atoms with Gasteiger partial charge in [-0.25, -0.2) is 0 Å². The molecule has 2 aliphatic carbocycles. The van der Waals surface area contributed by atoms with E-state index in [4.69, 9.17) is 0 Å². The first-order valence-electron chi connectivity index (χ1n) is 8.13. The Kier molecular flexibility index (Phi) is 3.40. The standard InChI is InChI=1S/C18H18N2O4/c21-13-5-1-10(2-6-13)8-19-14(22)9-20-17(23)15-11-3-4-12(7-11)16(15)18(20)24/h1-6,11-12,15-16,21H,7-9H2,(H,19,22)/t11-,12-,15-,16+/m0/s1. The average Bonchev–Trinajstić information content (AvgIpc) is 3.24. The summed E-state index contributed by atoms with van der Waals surface area (Å²) < 4.78 is 0. The molecule has 4 rings (SSSR count). The molecular weight excluding hydrogens is 308 g/mol. The number of phenolic OH excluding ortho intramolecular Hbond substituents is 1. The molecule has 2 fully saturated rings. The Bertz CT molecular complexity index is 710. The van der Waals surface area contributed by atoms with Crippen LogP contribution in [0.5, 0.6) is 5.75 Å². The van der Waals surface area contributed by atoms with Gasteiger partial charge in [0.2, 0.25) is 17.7 Å². The lowest BCUT2D eigenvalue weighted by Gasteiger charge is -2.16. The van der Waals surface area contributed by atoms with Gasteiger partial charge in [-0.15, -0.1) is 0 Å². The third kappa shape index (κ3) is 2.29. The monoisotopic (exact) mass is 326 g/mol. The largest absolute Gasteiger partial charge is 0.508 e. The number of carbonyl (C=O) groups excluding carboxylic acids is 3. The van der Waals surface area contributed by atoms with Crippen LogP contribution in [0.2, 0.25) is 0 Å². The number of hydrogen-bond acceptors (Lipinski definition) is 4. The van der Waals surface area contributed by atoms with Crippen molar-refractivity contribution in [1.29, 1.82) is 0 Å². The number of hydrogen-bond donors (Lipinski definition) is 2. The first-order valence-corrected chi connectivity index (χ1v) is 8.13. The Morgan fingerprint density at radius 3 is 2.25 bits per heavy atom. The molecule has 6 heteroatoms. The average molecular weight is 326 g/mol. The molecule has 2 N–H and O–H groups in total. The van der Waals surface area contributed by atoms with E-state index in [-0.39, 0.29) is 60.2 Å². The second-order valence-corrected chi connectivity index (χ2v) is 6.71. The molecule has 0 unspecified atom stereocenters. The number of nitrogens with zero attached hydrogens (tertiary/aromatic N) is 1. The van der Waals surface area contributed by atoms with Gasteiger partial charge in [0, 0.05) is 6.54 Å². The summed E-state index contributed by atoms with van der Waals surface area (Å²) in [4.78, 5) is 38.2. The number of phenols is 1. The molecule has 0 spiro atoms. The Morgan fingerprint density at radius 2 is 1.67 bits per heavy atom. The van der Waals surface area contributed by atoms with E-state index in [1.807, 2.05) is 12.2 Å². The second kappa shape index (κ2) is 5.47. The summed E-state index contributed by atoms with van der Waals surface area (Å²) in [6.07, 6.45) is 4.95. The summed E-state index contributed by atoms with van der Waals surface area (Å²) in [6, 6.07) is 6.49. The second-order valence-electron chi connectivity index (χ2n) is 6.71. The lowest BCUT2D eigenvalue weighted by Crippen LogP contribution is -2.41. The van der Waals surface area contributed by atoms with Crippen LogP contribution in [-0.2, 0) is 20.9 Å². The van der Waals surface area contributed by atoms with E-state index in [1.165, 1.54) is 0 Å². The number of aromatic hydroxyl groups is 1. The van der Waals surface area contributed by atoms with Crippen LogP contribution in [0, 0.1) is 23.7 Å². The van der Waals surface area contributed by atoms with Crippen molar-refractivity contribution < 1.29 is 19.5 Å². The minimum absolute atomic E-state index is 0.154. The van der Waals surface area contributed by atoms with Crippen LogP contribution in [0.1, 0.15) is 12.0 Å². The van der Waals surface area contributed by atoms with Gasteiger partial charge in [0.05, 0.1) is 11.8 Å². The van der Waals surface area contributed by atoms with E-state index in [2.05, 4.69) is 5.32 Å². The van der Waals surface area contributed by atoms with Crippen LogP contribution in [-0.4, -0.2) is 34.3 Å². The molecule has 1 saturated heterocycles. The van der Waals surface area contributed by atoms with Crippen LogP contribution in [0.25, 0.3) is 0 Å². The number of benzene rings is 1. The van der Waals surface area contributed by atoms with E-state index in [1.54, 1.807) is 24.3 Å². The normalized spacial score (nSPS) is 30.1. The van der Waals surface area contributed by atoms with E-state index < -0.39 is 0 Å². The minimum Gasteiger partial charge on any atom is -0.508 e. The van der Waals surface area contributed by atoms with Crippen molar-refractivity contribution in [3.8, 4) is 5.75 Å². The summed E-state index contributed by atoms with van der Waals surface area (Å²) in [5, 5.41) is 11.9. The molecule has 3 aliphatic rings. The van der Waals surface area contributed by atoms with Crippen molar-refractivity contribution in [2.45, 2.75) is 13.0 Å². The zero-order valence-corrected chi connectivity index (χ0v) is 13.0. The lowest BCUT2D eigenvalue weighted by molar-refractivity contribution is -0.144. The number of rotatable bonds is 4.